The topological polar surface area (TPSA) is 63.7 Å². The predicted molar refractivity (Wildman–Crippen MR) is 91.5 cm³/mol. The monoisotopic (exact) mass is 390 g/mol. The number of aliphatic imine (C=N–C) groups is 1. The number of nitrogens with two attached hydrogens (primary N) is 1. The van der Waals surface area contributed by atoms with Crippen molar-refractivity contribution in [1.29, 1.82) is 0 Å². The second kappa shape index (κ2) is 8.28. The van der Waals surface area contributed by atoms with Crippen LogP contribution in [0, 0.1) is 5.92 Å². The van der Waals surface area contributed by atoms with Crippen molar-refractivity contribution in [3.63, 3.8) is 0 Å². The van der Waals surface area contributed by atoms with Crippen LogP contribution in [-0.4, -0.2) is 36.0 Å². The van der Waals surface area contributed by atoms with Gasteiger partial charge < -0.3 is 15.4 Å². The van der Waals surface area contributed by atoms with Gasteiger partial charge in [-0.1, -0.05) is 6.92 Å². The lowest BCUT2D eigenvalue weighted by molar-refractivity contribution is 0.277. The van der Waals surface area contributed by atoms with Crippen molar-refractivity contribution in [2.75, 3.05) is 20.2 Å². The third kappa shape index (κ3) is 4.81. The Hall–Kier alpha value is -1.05. The number of piperidine rings is 1. The van der Waals surface area contributed by atoms with Crippen LogP contribution in [0.3, 0.4) is 0 Å². The highest BCUT2D eigenvalue weighted by Crippen LogP contribution is 2.15. The van der Waals surface area contributed by atoms with Gasteiger partial charge in [-0.15, -0.1) is 24.0 Å². The van der Waals surface area contributed by atoms with E-state index in [4.69, 9.17) is 10.5 Å². The van der Waals surface area contributed by atoms with Crippen LogP contribution < -0.4 is 10.5 Å². The van der Waals surface area contributed by atoms with Crippen LogP contribution in [0.2, 0.25) is 0 Å². The largest absolute Gasteiger partial charge is 0.495 e. The summed E-state index contributed by atoms with van der Waals surface area (Å²) in [7, 11) is 1.63. The fourth-order valence-electron chi connectivity index (χ4n) is 2.12. The molecule has 0 radical (unpaired) electrons. The van der Waals surface area contributed by atoms with Gasteiger partial charge >= 0.3 is 0 Å². The highest BCUT2D eigenvalue weighted by atomic mass is 127. The Labute approximate surface area is 137 Å². The molecule has 0 amide bonds. The molecule has 6 heteroatoms. The number of rotatable bonds is 3. The molecule has 0 saturated carbocycles. The molecule has 0 unspecified atom stereocenters. The van der Waals surface area contributed by atoms with Gasteiger partial charge in [-0.25, -0.2) is 4.99 Å². The van der Waals surface area contributed by atoms with Crippen molar-refractivity contribution in [3.8, 4) is 5.75 Å². The SMILES string of the molecule is COc1ccc(CN=C(N)N2CCC(C)CC2)nc1.I. The van der Waals surface area contributed by atoms with Crippen molar-refractivity contribution in [1.82, 2.24) is 9.88 Å². The third-order valence-electron chi connectivity index (χ3n) is 3.54. The number of likely N-dealkylation sites (tertiary alicyclic amines) is 1. The highest BCUT2D eigenvalue weighted by molar-refractivity contribution is 14.0. The lowest BCUT2D eigenvalue weighted by Crippen LogP contribution is -2.42. The second-order valence-electron chi connectivity index (χ2n) is 5.03. The Kier molecular flexibility index (Phi) is 7.04. The molecule has 5 nitrogen and oxygen atoms in total. The van der Waals surface area contributed by atoms with Gasteiger partial charge in [0, 0.05) is 13.1 Å². The second-order valence-corrected chi connectivity index (χ2v) is 5.03. The van der Waals surface area contributed by atoms with Gasteiger partial charge in [0.25, 0.3) is 0 Å². The zero-order valence-electron chi connectivity index (χ0n) is 12.1. The quantitative estimate of drug-likeness (QED) is 0.489. The average molecular weight is 390 g/mol. The first-order valence-corrected chi connectivity index (χ1v) is 6.73. The zero-order chi connectivity index (χ0) is 13.7. The summed E-state index contributed by atoms with van der Waals surface area (Å²) in [5.74, 6) is 2.18. The molecule has 1 saturated heterocycles. The van der Waals surface area contributed by atoms with Gasteiger partial charge in [0.15, 0.2) is 5.96 Å². The number of aromatic nitrogens is 1. The molecule has 0 aliphatic carbocycles. The normalized spacial score (nSPS) is 16.7. The van der Waals surface area contributed by atoms with Crippen LogP contribution in [0.15, 0.2) is 23.3 Å². The molecule has 0 bridgehead atoms. The minimum atomic E-state index is 0. The Morgan fingerprint density at radius 3 is 2.70 bits per heavy atom. The van der Waals surface area contributed by atoms with E-state index in [1.807, 2.05) is 12.1 Å². The maximum atomic E-state index is 6.02. The smallest absolute Gasteiger partial charge is 0.191 e. The number of guanidine groups is 1. The van der Waals surface area contributed by atoms with E-state index in [9.17, 15) is 0 Å². The Bertz CT molecular complexity index is 427. The molecule has 0 atom stereocenters. The summed E-state index contributed by atoms with van der Waals surface area (Å²) >= 11 is 0. The predicted octanol–water partition coefficient (Wildman–Crippen LogP) is 2.25. The summed E-state index contributed by atoms with van der Waals surface area (Å²) in [5.41, 5.74) is 6.92. The minimum absolute atomic E-state index is 0. The molecular weight excluding hydrogens is 367 g/mol. The number of methoxy groups -OCH3 is 1. The summed E-state index contributed by atoms with van der Waals surface area (Å²) < 4.78 is 5.07. The molecule has 0 aromatic carbocycles. The number of ether oxygens (including phenoxy) is 1. The molecule has 1 aromatic heterocycles. The Balaban J connectivity index is 0.00000200. The number of halogens is 1. The number of hydrogen-bond acceptors (Lipinski definition) is 3. The molecule has 2 N–H and O–H groups in total. The first-order chi connectivity index (χ1) is 9.19. The lowest BCUT2D eigenvalue weighted by atomic mass is 10.00. The first kappa shape index (κ1) is 17.0. The number of nitrogens with zero attached hydrogens (tertiary/aromatic N) is 3. The Morgan fingerprint density at radius 2 is 2.15 bits per heavy atom. The zero-order valence-corrected chi connectivity index (χ0v) is 14.4. The molecule has 20 heavy (non-hydrogen) atoms. The van der Waals surface area contributed by atoms with Crippen LogP contribution in [-0.2, 0) is 6.54 Å². The van der Waals surface area contributed by atoms with E-state index in [1.54, 1.807) is 13.3 Å². The van der Waals surface area contributed by atoms with Crippen LogP contribution in [0.1, 0.15) is 25.5 Å². The van der Waals surface area contributed by atoms with Crippen molar-refractivity contribution in [3.05, 3.63) is 24.0 Å². The molecule has 1 fully saturated rings. The maximum Gasteiger partial charge on any atom is 0.191 e. The van der Waals surface area contributed by atoms with E-state index in [0.717, 1.165) is 30.5 Å². The van der Waals surface area contributed by atoms with Gasteiger partial charge in [-0.05, 0) is 30.9 Å². The van der Waals surface area contributed by atoms with Crippen molar-refractivity contribution in [2.45, 2.75) is 26.3 Å². The van der Waals surface area contributed by atoms with Gasteiger partial charge in [0.05, 0.1) is 25.5 Å². The van der Waals surface area contributed by atoms with E-state index < -0.39 is 0 Å². The van der Waals surface area contributed by atoms with Crippen LogP contribution in [0.4, 0.5) is 0 Å². The summed E-state index contributed by atoms with van der Waals surface area (Å²) in [6, 6.07) is 3.80. The van der Waals surface area contributed by atoms with Gasteiger partial charge in [0.2, 0.25) is 0 Å². The average Bonchev–Trinajstić information content (AvgIpc) is 2.46. The maximum absolute atomic E-state index is 6.02. The molecule has 1 aliphatic rings. The lowest BCUT2D eigenvalue weighted by Gasteiger charge is -2.30. The highest BCUT2D eigenvalue weighted by Gasteiger charge is 2.16. The first-order valence-electron chi connectivity index (χ1n) is 6.73. The fraction of sp³-hybridized carbons (Fsp3) is 0.571. The minimum Gasteiger partial charge on any atom is -0.495 e. The summed E-state index contributed by atoms with van der Waals surface area (Å²) in [6.07, 6.45) is 4.08. The molecule has 2 rings (SSSR count). The Morgan fingerprint density at radius 1 is 1.45 bits per heavy atom. The van der Waals surface area contributed by atoms with Gasteiger partial charge in [0.1, 0.15) is 5.75 Å². The molecule has 2 heterocycles. The summed E-state index contributed by atoms with van der Waals surface area (Å²) in [6.45, 7) is 4.81. The summed E-state index contributed by atoms with van der Waals surface area (Å²) in [5, 5.41) is 0. The van der Waals surface area contributed by atoms with Crippen LogP contribution in [0.25, 0.3) is 0 Å². The van der Waals surface area contributed by atoms with E-state index in [2.05, 4.69) is 21.8 Å². The van der Waals surface area contributed by atoms with Crippen LogP contribution in [0.5, 0.6) is 5.75 Å². The van der Waals surface area contributed by atoms with E-state index >= 15 is 0 Å². The van der Waals surface area contributed by atoms with E-state index in [1.165, 1.54) is 12.8 Å². The third-order valence-corrected chi connectivity index (χ3v) is 3.54. The van der Waals surface area contributed by atoms with Gasteiger partial charge in [-0.3, -0.25) is 4.98 Å². The van der Waals surface area contributed by atoms with Gasteiger partial charge in [-0.2, -0.15) is 0 Å². The van der Waals surface area contributed by atoms with Crippen LogP contribution >= 0.6 is 24.0 Å². The number of hydrogen-bond donors (Lipinski definition) is 1. The van der Waals surface area contributed by atoms with E-state index in [0.29, 0.717) is 12.5 Å². The number of pyridine rings is 1. The van der Waals surface area contributed by atoms with Crippen molar-refractivity contribution >= 4 is 29.9 Å². The molecular formula is C14H23IN4O. The summed E-state index contributed by atoms with van der Waals surface area (Å²) in [4.78, 5) is 10.8. The molecule has 0 spiro atoms. The molecule has 1 aromatic rings. The standard InChI is InChI=1S/C14H22N4O.HI/c1-11-5-7-18(8-6-11)14(15)17-9-12-3-4-13(19-2)10-16-12;/h3-4,10-11H,5-9H2,1-2H3,(H2,15,17);1H. The van der Waals surface area contributed by atoms with E-state index in [-0.39, 0.29) is 24.0 Å². The van der Waals surface area contributed by atoms with Crippen molar-refractivity contribution < 1.29 is 4.74 Å². The molecule has 1 aliphatic heterocycles. The van der Waals surface area contributed by atoms with Crippen molar-refractivity contribution in [2.24, 2.45) is 16.6 Å². The fourth-order valence-corrected chi connectivity index (χ4v) is 2.12. The molecule has 112 valence electrons.